The molecule has 0 bridgehead atoms. The Morgan fingerprint density at radius 2 is 1.80 bits per heavy atom. The Labute approximate surface area is 317 Å². The van der Waals surface area contributed by atoms with E-state index in [9.17, 15) is 14.4 Å². The van der Waals surface area contributed by atoms with Crippen LogP contribution < -0.4 is 26.6 Å². The number of aromatic nitrogens is 4. The fourth-order valence-electron chi connectivity index (χ4n) is 8.55. The molecule has 1 spiro atoms. The smallest absolute Gasteiger partial charge is 0.330 e. The molecule has 2 aromatic carbocycles. The summed E-state index contributed by atoms with van der Waals surface area (Å²) in [6.07, 6.45) is 4.29. The van der Waals surface area contributed by atoms with E-state index in [0.29, 0.717) is 47.3 Å². The van der Waals surface area contributed by atoms with E-state index in [4.69, 9.17) is 26.1 Å². The molecule has 0 saturated carbocycles. The van der Waals surface area contributed by atoms with Crippen LogP contribution in [0.25, 0.3) is 33.3 Å². The van der Waals surface area contributed by atoms with Gasteiger partial charge in [0.05, 0.1) is 35.5 Å². The molecule has 0 radical (unpaired) electrons. The van der Waals surface area contributed by atoms with Gasteiger partial charge in [0.15, 0.2) is 0 Å². The van der Waals surface area contributed by atoms with E-state index in [1.54, 1.807) is 33.5 Å². The number of methoxy groups -OCH3 is 2. The first-order valence-electron chi connectivity index (χ1n) is 18.1. The summed E-state index contributed by atoms with van der Waals surface area (Å²) in [5, 5.41) is 7.53. The Balaban J connectivity index is 1.09. The number of carbonyl (C=O) groups is 1. The molecule has 2 fully saturated rings. The number of amides is 2. The average molecular weight is 751 g/mol. The maximum absolute atomic E-state index is 13.2. The van der Waals surface area contributed by atoms with E-state index in [1.165, 1.54) is 17.2 Å². The second kappa shape index (κ2) is 13.9. The Bertz CT molecular complexity index is 2450. The molecule has 1 aliphatic carbocycles. The van der Waals surface area contributed by atoms with Crippen LogP contribution in [0.5, 0.6) is 5.88 Å². The van der Waals surface area contributed by atoms with Crippen molar-refractivity contribution in [3.05, 3.63) is 97.3 Å². The van der Waals surface area contributed by atoms with Crippen molar-refractivity contribution in [3.8, 4) is 28.3 Å². The van der Waals surface area contributed by atoms with Gasteiger partial charge in [-0.05, 0) is 61.1 Å². The van der Waals surface area contributed by atoms with Gasteiger partial charge in [-0.15, -0.1) is 0 Å². The number of pyridine rings is 2. The monoisotopic (exact) mass is 750 g/mol. The largest absolute Gasteiger partial charge is 0.481 e. The lowest BCUT2D eigenvalue weighted by Crippen LogP contribution is -2.46. The molecule has 8 rings (SSSR count). The van der Waals surface area contributed by atoms with Crippen molar-refractivity contribution in [3.63, 3.8) is 0 Å². The number of hydrogen-bond acceptors (Lipinski definition) is 9. The van der Waals surface area contributed by atoms with Crippen LogP contribution in [0.4, 0.5) is 16.3 Å². The molecule has 13 nitrogen and oxygen atoms in total. The van der Waals surface area contributed by atoms with Gasteiger partial charge >= 0.3 is 11.7 Å². The zero-order chi connectivity index (χ0) is 37.9. The summed E-state index contributed by atoms with van der Waals surface area (Å²) >= 11 is 7.27. The molecule has 2 saturated heterocycles. The Morgan fingerprint density at radius 3 is 2.59 bits per heavy atom. The van der Waals surface area contributed by atoms with E-state index in [0.717, 1.165) is 76.1 Å². The van der Waals surface area contributed by atoms with Gasteiger partial charge in [0.2, 0.25) is 5.88 Å². The molecular weight excluding hydrogens is 708 g/mol. The lowest BCUT2D eigenvalue weighted by Gasteiger charge is -2.28. The number of ether oxygens (including phenoxy) is 2. The van der Waals surface area contributed by atoms with E-state index < -0.39 is 11.2 Å². The topological polar surface area (TPSA) is 136 Å². The van der Waals surface area contributed by atoms with Crippen LogP contribution in [0, 0.1) is 6.92 Å². The summed E-state index contributed by atoms with van der Waals surface area (Å²) in [4.78, 5) is 52.4. The SMILES string of the molecule is COCCN1C[C@@]2(CCN([C@H]3CCc4cc(-c5cccc(-c6cccc(Nc7nccc8c7c(=O)n(C)c(=O)n8C)c6C)c5Cl)nc(OC)c43)C2)NC1=O. The fourth-order valence-corrected chi connectivity index (χ4v) is 8.88. The number of likely N-dealkylation sites (tertiary alicyclic amines) is 1. The lowest BCUT2D eigenvalue weighted by atomic mass is 9.96. The predicted octanol–water partition coefficient (Wildman–Crippen LogP) is 5.18. The minimum atomic E-state index is -0.423. The minimum Gasteiger partial charge on any atom is -0.481 e. The maximum atomic E-state index is 13.2. The molecule has 2 N–H and O–H groups in total. The van der Waals surface area contributed by atoms with Crippen molar-refractivity contribution in [2.75, 3.05) is 52.3 Å². The first-order valence-corrected chi connectivity index (χ1v) is 18.5. The van der Waals surface area contributed by atoms with Crippen molar-refractivity contribution >= 4 is 40.0 Å². The maximum Gasteiger partial charge on any atom is 0.330 e. The highest BCUT2D eigenvalue weighted by Gasteiger charge is 2.49. The summed E-state index contributed by atoms with van der Waals surface area (Å²) < 4.78 is 13.7. The number of benzene rings is 2. The number of anilines is 2. The molecule has 2 amide bonds. The van der Waals surface area contributed by atoms with Crippen molar-refractivity contribution in [1.82, 2.24) is 34.2 Å². The van der Waals surface area contributed by atoms with Crippen molar-refractivity contribution < 1.29 is 14.3 Å². The minimum absolute atomic E-state index is 0.0232. The highest BCUT2D eigenvalue weighted by Crippen LogP contribution is 2.46. The van der Waals surface area contributed by atoms with Gasteiger partial charge in [0, 0.05) is 82.0 Å². The summed E-state index contributed by atoms with van der Waals surface area (Å²) in [6.45, 7) is 5.41. The van der Waals surface area contributed by atoms with E-state index in [-0.39, 0.29) is 17.6 Å². The molecule has 0 unspecified atom stereocenters. The van der Waals surface area contributed by atoms with Crippen molar-refractivity contribution in [1.29, 1.82) is 0 Å². The predicted molar refractivity (Wildman–Crippen MR) is 209 cm³/mol. The van der Waals surface area contributed by atoms with Gasteiger partial charge in [-0.3, -0.25) is 18.8 Å². The molecule has 280 valence electrons. The fraction of sp³-hybridized carbons (Fsp3) is 0.375. The van der Waals surface area contributed by atoms with Crippen LogP contribution in [-0.2, 0) is 25.3 Å². The van der Waals surface area contributed by atoms with Gasteiger partial charge in [0.25, 0.3) is 5.56 Å². The first kappa shape index (κ1) is 35.8. The van der Waals surface area contributed by atoms with Crippen LogP contribution in [0.1, 0.15) is 35.6 Å². The van der Waals surface area contributed by atoms with Crippen LogP contribution >= 0.6 is 11.6 Å². The van der Waals surface area contributed by atoms with E-state index in [1.807, 2.05) is 48.2 Å². The zero-order valence-electron chi connectivity index (χ0n) is 31.0. The normalized spacial score (nSPS) is 19.6. The van der Waals surface area contributed by atoms with Crippen LogP contribution in [0.2, 0.25) is 5.02 Å². The third-order valence-electron chi connectivity index (χ3n) is 11.4. The number of aryl methyl sites for hydroxylation is 2. The highest BCUT2D eigenvalue weighted by molar-refractivity contribution is 6.36. The van der Waals surface area contributed by atoms with Crippen LogP contribution in [-0.4, -0.2) is 87.5 Å². The second-order valence-electron chi connectivity index (χ2n) is 14.5. The van der Waals surface area contributed by atoms with Crippen LogP contribution in [0.15, 0.2) is 64.3 Å². The Kier molecular flexibility index (Phi) is 9.19. The summed E-state index contributed by atoms with van der Waals surface area (Å²) in [5.74, 6) is 0.955. The number of urea groups is 1. The van der Waals surface area contributed by atoms with E-state index in [2.05, 4.69) is 26.6 Å². The van der Waals surface area contributed by atoms with Crippen molar-refractivity contribution in [2.45, 2.75) is 37.8 Å². The summed E-state index contributed by atoms with van der Waals surface area (Å²) in [7, 11) is 6.42. The quantitative estimate of drug-likeness (QED) is 0.209. The highest BCUT2D eigenvalue weighted by atomic mass is 35.5. The lowest BCUT2D eigenvalue weighted by molar-refractivity contribution is 0.158. The summed E-state index contributed by atoms with van der Waals surface area (Å²) in [5.41, 5.74) is 6.62. The molecule has 2 aliphatic heterocycles. The third kappa shape index (κ3) is 5.91. The van der Waals surface area contributed by atoms with Crippen LogP contribution in [0.3, 0.4) is 0 Å². The summed E-state index contributed by atoms with van der Waals surface area (Å²) in [6, 6.07) is 15.7. The Morgan fingerprint density at radius 1 is 1.02 bits per heavy atom. The molecule has 14 heteroatoms. The second-order valence-corrected chi connectivity index (χ2v) is 14.9. The number of fused-ring (bicyclic) bond motifs is 2. The number of nitrogens with one attached hydrogen (secondary N) is 2. The number of rotatable bonds is 9. The molecular formula is C40H43ClN8O5. The zero-order valence-corrected chi connectivity index (χ0v) is 31.8. The standard InChI is InChI=1S/C40H43ClN8O5/c1-23-25(8-7-11-28(23)43-35-33-30(14-16-42-35)46(2)39(52)47(3)37(33)50)26-9-6-10-27(34(26)41)29-20-24-12-13-31(32(24)36(44-29)54-5)48-17-15-40(21-48)22-49(18-19-53-4)38(51)45-40/h6-11,14,16,20,31H,12-13,15,17-19,21-22H2,1-5H3,(H,42,43)(H,45,51)/t31-,40-/m0/s1. The molecule has 5 aromatic rings. The van der Waals surface area contributed by atoms with Gasteiger partial charge in [-0.1, -0.05) is 41.9 Å². The van der Waals surface area contributed by atoms with E-state index >= 15 is 0 Å². The molecule has 5 heterocycles. The molecule has 54 heavy (non-hydrogen) atoms. The first-order chi connectivity index (χ1) is 26.0. The number of nitrogens with zero attached hydrogens (tertiary/aromatic N) is 6. The molecule has 3 aromatic heterocycles. The van der Waals surface area contributed by atoms with Gasteiger partial charge in [0.1, 0.15) is 11.2 Å². The average Bonchev–Trinajstić information content (AvgIpc) is 3.88. The number of halogens is 1. The number of hydrogen-bond donors (Lipinski definition) is 2. The van der Waals surface area contributed by atoms with Crippen molar-refractivity contribution in [2.24, 2.45) is 14.1 Å². The number of carbonyl (C=O) groups excluding carboxylic acids is 1. The molecule has 3 aliphatic rings. The van der Waals surface area contributed by atoms with Gasteiger partial charge < -0.3 is 25.0 Å². The third-order valence-corrected chi connectivity index (χ3v) is 11.8. The molecule has 2 atom stereocenters. The van der Waals surface area contributed by atoms with Gasteiger partial charge in [-0.25, -0.2) is 19.6 Å². The van der Waals surface area contributed by atoms with Gasteiger partial charge in [-0.2, -0.15) is 0 Å². The Hall–Kier alpha value is -5.24.